The molecule has 110 valence electrons. The second-order valence-corrected chi connectivity index (χ2v) is 4.62. The van der Waals surface area contributed by atoms with Crippen LogP contribution in [0.2, 0.25) is 0 Å². The number of urea groups is 1. The first-order valence-corrected chi connectivity index (χ1v) is 6.57. The predicted octanol–water partition coefficient (Wildman–Crippen LogP) is 1.31. The van der Waals surface area contributed by atoms with Gasteiger partial charge in [-0.15, -0.1) is 0 Å². The number of rotatable bonds is 6. The van der Waals surface area contributed by atoms with Crippen LogP contribution in [0.25, 0.3) is 0 Å². The van der Waals surface area contributed by atoms with Gasteiger partial charge >= 0.3 is 6.03 Å². The molecule has 0 saturated carbocycles. The maximum atomic E-state index is 11.7. The van der Waals surface area contributed by atoms with Crippen molar-refractivity contribution in [2.75, 3.05) is 25.5 Å². The van der Waals surface area contributed by atoms with Gasteiger partial charge in [0, 0.05) is 25.3 Å². The van der Waals surface area contributed by atoms with Crippen molar-refractivity contribution >= 4 is 17.6 Å². The van der Waals surface area contributed by atoms with Crippen LogP contribution in [-0.4, -0.2) is 37.0 Å². The molecule has 0 bridgehead atoms. The van der Waals surface area contributed by atoms with Gasteiger partial charge in [0.05, 0.1) is 6.54 Å². The number of nitrogens with two attached hydrogens (primary N) is 1. The maximum Gasteiger partial charge on any atom is 0.316 e. The highest BCUT2D eigenvalue weighted by atomic mass is 16.2. The molecule has 20 heavy (non-hydrogen) atoms. The zero-order valence-corrected chi connectivity index (χ0v) is 12.1. The Kier molecular flexibility index (Phi) is 5.99. The zero-order valence-electron chi connectivity index (χ0n) is 12.1. The van der Waals surface area contributed by atoms with E-state index in [1.54, 1.807) is 24.1 Å². The van der Waals surface area contributed by atoms with Crippen LogP contribution in [0.15, 0.2) is 24.3 Å². The van der Waals surface area contributed by atoms with Crippen LogP contribution >= 0.6 is 0 Å². The molecule has 6 nitrogen and oxygen atoms in total. The Morgan fingerprint density at radius 3 is 2.40 bits per heavy atom. The molecule has 4 N–H and O–H groups in total. The molecule has 0 saturated heterocycles. The van der Waals surface area contributed by atoms with Gasteiger partial charge in [0.25, 0.3) is 0 Å². The number of likely N-dealkylation sites (N-methyl/N-ethyl adjacent to an activating group) is 1. The molecule has 0 aliphatic carbocycles. The van der Waals surface area contributed by atoms with Crippen molar-refractivity contribution < 1.29 is 9.59 Å². The fourth-order valence-electron chi connectivity index (χ4n) is 1.67. The second kappa shape index (κ2) is 7.49. The van der Waals surface area contributed by atoms with E-state index in [1.165, 1.54) is 0 Å². The Hall–Kier alpha value is -2.08. The number of nitrogens with zero attached hydrogens (tertiary/aromatic N) is 1. The van der Waals surface area contributed by atoms with Crippen LogP contribution in [-0.2, 0) is 4.79 Å². The number of nitrogens with one attached hydrogen (secondary N) is 2. The Labute approximate surface area is 119 Å². The van der Waals surface area contributed by atoms with Crippen LogP contribution in [0.1, 0.15) is 25.5 Å². The van der Waals surface area contributed by atoms with Gasteiger partial charge < -0.3 is 21.3 Å². The Bertz CT molecular complexity index is 459. The average molecular weight is 278 g/mol. The lowest BCUT2D eigenvalue weighted by Crippen LogP contribution is -2.36. The van der Waals surface area contributed by atoms with Crippen LogP contribution in [0.5, 0.6) is 0 Å². The van der Waals surface area contributed by atoms with Crippen molar-refractivity contribution in [1.82, 2.24) is 10.2 Å². The number of benzene rings is 1. The van der Waals surface area contributed by atoms with Crippen molar-refractivity contribution in [3.63, 3.8) is 0 Å². The summed E-state index contributed by atoms with van der Waals surface area (Å²) in [5.74, 6) is 0.0614. The molecular weight excluding hydrogens is 256 g/mol. The highest BCUT2D eigenvalue weighted by molar-refractivity contribution is 5.87. The topological polar surface area (TPSA) is 87.5 Å². The summed E-state index contributed by atoms with van der Waals surface area (Å²) in [6, 6.07) is 6.79. The molecule has 0 aromatic heterocycles. The SMILES string of the molecule is CCN(C)C(=O)CNC(C)c1ccc(NC(N)=O)cc1. The molecule has 1 rings (SSSR count). The molecule has 1 unspecified atom stereocenters. The van der Waals surface area contributed by atoms with E-state index >= 15 is 0 Å². The van der Waals surface area contributed by atoms with Crippen LogP contribution < -0.4 is 16.4 Å². The minimum atomic E-state index is -0.586. The minimum absolute atomic E-state index is 0.0480. The van der Waals surface area contributed by atoms with E-state index in [1.807, 2.05) is 26.0 Å². The van der Waals surface area contributed by atoms with E-state index in [9.17, 15) is 9.59 Å². The number of carbonyl (C=O) groups is 2. The number of carbonyl (C=O) groups excluding carboxylic acids is 2. The van der Waals surface area contributed by atoms with E-state index in [0.29, 0.717) is 18.8 Å². The first-order chi connectivity index (χ1) is 9.43. The van der Waals surface area contributed by atoms with Gasteiger partial charge in [-0.25, -0.2) is 4.79 Å². The summed E-state index contributed by atoms with van der Waals surface area (Å²) in [6.45, 7) is 4.91. The first kappa shape index (κ1) is 16.0. The normalized spacial score (nSPS) is 11.8. The number of hydrogen-bond acceptors (Lipinski definition) is 3. The van der Waals surface area contributed by atoms with Gasteiger partial charge in [0.15, 0.2) is 0 Å². The summed E-state index contributed by atoms with van der Waals surface area (Å²) in [7, 11) is 1.78. The molecule has 0 aliphatic heterocycles. The standard InChI is InChI=1S/C14H22N4O2/c1-4-18(3)13(19)9-16-10(2)11-5-7-12(8-6-11)17-14(15)20/h5-8,10,16H,4,9H2,1-3H3,(H3,15,17,20). The van der Waals surface area contributed by atoms with Crippen LogP contribution in [0.3, 0.4) is 0 Å². The lowest BCUT2D eigenvalue weighted by atomic mass is 10.1. The maximum absolute atomic E-state index is 11.7. The second-order valence-electron chi connectivity index (χ2n) is 4.62. The monoisotopic (exact) mass is 278 g/mol. The summed E-state index contributed by atoms with van der Waals surface area (Å²) >= 11 is 0. The summed E-state index contributed by atoms with van der Waals surface area (Å²) in [5, 5.41) is 5.67. The van der Waals surface area contributed by atoms with Gasteiger partial charge in [-0.2, -0.15) is 0 Å². The fraction of sp³-hybridized carbons (Fsp3) is 0.429. The summed E-state index contributed by atoms with van der Waals surface area (Å²) in [4.78, 5) is 24.1. The molecule has 1 atom stereocenters. The fourth-order valence-corrected chi connectivity index (χ4v) is 1.67. The Morgan fingerprint density at radius 1 is 1.30 bits per heavy atom. The first-order valence-electron chi connectivity index (χ1n) is 6.57. The van der Waals surface area contributed by atoms with Crippen molar-refractivity contribution in [2.24, 2.45) is 5.73 Å². The summed E-state index contributed by atoms with van der Waals surface area (Å²) in [5.41, 5.74) is 6.72. The van der Waals surface area contributed by atoms with E-state index in [0.717, 1.165) is 5.56 Å². The Balaban J connectivity index is 2.53. The zero-order chi connectivity index (χ0) is 15.1. The largest absolute Gasteiger partial charge is 0.351 e. The Morgan fingerprint density at radius 2 is 1.90 bits per heavy atom. The van der Waals surface area contributed by atoms with E-state index in [2.05, 4.69) is 10.6 Å². The highest BCUT2D eigenvalue weighted by Gasteiger charge is 2.10. The molecule has 0 heterocycles. The molecule has 0 spiro atoms. The van der Waals surface area contributed by atoms with Crippen LogP contribution in [0.4, 0.5) is 10.5 Å². The molecular formula is C14H22N4O2. The number of primary amides is 1. The predicted molar refractivity (Wildman–Crippen MR) is 79.4 cm³/mol. The van der Waals surface area contributed by atoms with Crippen molar-refractivity contribution in [3.05, 3.63) is 29.8 Å². The summed E-state index contributed by atoms with van der Waals surface area (Å²) < 4.78 is 0. The molecule has 1 aromatic rings. The number of hydrogen-bond donors (Lipinski definition) is 3. The lowest BCUT2D eigenvalue weighted by molar-refractivity contribution is -0.128. The third-order valence-corrected chi connectivity index (χ3v) is 3.14. The minimum Gasteiger partial charge on any atom is -0.351 e. The van der Waals surface area contributed by atoms with Crippen molar-refractivity contribution in [2.45, 2.75) is 19.9 Å². The third-order valence-electron chi connectivity index (χ3n) is 3.14. The average Bonchev–Trinajstić information content (AvgIpc) is 2.43. The number of amides is 3. The van der Waals surface area contributed by atoms with Gasteiger partial charge in [-0.1, -0.05) is 12.1 Å². The summed E-state index contributed by atoms with van der Waals surface area (Å²) in [6.07, 6.45) is 0. The quantitative estimate of drug-likeness (QED) is 0.733. The molecule has 3 amide bonds. The van der Waals surface area contributed by atoms with Gasteiger partial charge in [-0.05, 0) is 31.5 Å². The smallest absolute Gasteiger partial charge is 0.316 e. The van der Waals surface area contributed by atoms with Crippen LogP contribution in [0, 0.1) is 0 Å². The molecule has 6 heteroatoms. The van der Waals surface area contributed by atoms with Crippen molar-refractivity contribution in [1.29, 1.82) is 0 Å². The lowest BCUT2D eigenvalue weighted by Gasteiger charge is -2.18. The molecule has 0 aliphatic rings. The van der Waals surface area contributed by atoms with Gasteiger partial charge in [-0.3, -0.25) is 4.79 Å². The van der Waals surface area contributed by atoms with Crippen molar-refractivity contribution in [3.8, 4) is 0 Å². The van der Waals surface area contributed by atoms with Gasteiger partial charge in [0.2, 0.25) is 5.91 Å². The molecule has 1 aromatic carbocycles. The third kappa shape index (κ3) is 4.89. The van der Waals surface area contributed by atoms with E-state index in [-0.39, 0.29) is 11.9 Å². The molecule has 0 radical (unpaired) electrons. The van der Waals surface area contributed by atoms with E-state index in [4.69, 9.17) is 5.73 Å². The molecule has 0 fully saturated rings. The number of anilines is 1. The van der Waals surface area contributed by atoms with E-state index < -0.39 is 6.03 Å². The van der Waals surface area contributed by atoms with Gasteiger partial charge in [0.1, 0.15) is 0 Å². The highest BCUT2D eigenvalue weighted by Crippen LogP contribution is 2.15.